The Morgan fingerprint density at radius 3 is 2.07 bits per heavy atom. The molecule has 0 bridgehead atoms. The fourth-order valence-electron chi connectivity index (χ4n) is 0.729. The van der Waals surface area contributed by atoms with E-state index in [-0.39, 0.29) is 19.0 Å². The molecular weight excluding hydrogens is 217 g/mol. The van der Waals surface area contributed by atoms with Gasteiger partial charge in [-0.1, -0.05) is 0 Å². The van der Waals surface area contributed by atoms with Crippen molar-refractivity contribution in [2.75, 3.05) is 13.2 Å². The second-order valence-corrected chi connectivity index (χ2v) is 4.62. The molecule has 0 heterocycles. The fraction of sp³-hybridized carbons (Fsp3) is 0.667. The van der Waals surface area contributed by atoms with E-state index in [1.54, 1.807) is 20.8 Å². The molecule has 0 spiro atoms. The van der Waals surface area contributed by atoms with Gasteiger partial charge in [0, 0.05) is 11.8 Å². The van der Waals surface area contributed by atoms with Crippen LogP contribution in [0, 0.1) is 0 Å². The number of carbonyl (C=O) groups excluding carboxylic acids is 1. The number of ketones is 1. The SMILES string of the molecule is CCOP(=O)(N/C=C(\C)C(C)=O)OCC. The molecule has 0 rings (SSSR count). The lowest BCUT2D eigenvalue weighted by Crippen LogP contribution is -2.10. The second kappa shape index (κ2) is 6.77. The number of Topliss-reactive ketones (excluding diaryl/α,β-unsaturated/α-hetero) is 1. The fourth-order valence-corrected chi connectivity index (χ4v) is 1.98. The number of allylic oxidation sites excluding steroid dienone is 1. The summed E-state index contributed by atoms with van der Waals surface area (Å²) < 4.78 is 21.8. The number of carbonyl (C=O) groups is 1. The molecule has 0 amide bonds. The van der Waals surface area contributed by atoms with Crippen LogP contribution in [0.5, 0.6) is 0 Å². The Morgan fingerprint density at radius 2 is 1.73 bits per heavy atom. The van der Waals surface area contributed by atoms with Gasteiger partial charge >= 0.3 is 7.75 Å². The standard InChI is InChI=1S/C9H18NO4P/c1-5-13-15(12,14-6-2)10-7-8(3)9(4)11/h7H,5-6H2,1-4H3,(H,10,12)/b8-7+. The van der Waals surface area contributed by atoms with Gasteiger partial charge in [-0.05, 0) is 27.7 Å². The third kappa shape index (κ3) is 5.72. The lowest BCUT2D eigenvalue weighted by atomic mass is 10.2. The lowest BCUT2D eigenvalue weighted by Gasteiger charge is -2.16. The zero-order valence-corrected chi connectivity index (χ0v) is 10.5. The summed E-state index contributed by atoms with van der Waals surface area (Å²) in [7, 11) is -3.29. The highest BCUT2D eigenvalue weighted by Crippen LogP contribution is 2.43. The van der Waals surface area contributed by atoms with Gasteiger partial charge in [0.2, 0.25) is 0 Å². The topological polar surface area (TPSA) is 64.6 Å². The molecule has 0 fully saturated rings. The molecule has 0 atom stereocenters. The number of nitrogens with one attached hydrogen (secondary N) is 1. The Kier molecular flexibility index (Phi) is 6.48. The van der Waals surface area contributed by atoms with Crippen LogP contribution in [-0.4, -0.2) is 19.0 Å². The van der Waals surface area contributed by atoms with Crippen LogP contribution in [0.25, 0.3) is 0 Å². The highest BCUT2D eigenvalue weighted by Gasteiger charge is 2.21. The van der Waals surface area contributed by atoms with Crippen LogP contribution in [0.3, 0.4) is 0 Å². The van der Waals surface area contributed by atoms with Gasteiger partial charge < -0.3 is 0 Å². The summed E-state index contributed by atoms with van der Waals surface area (Å²) in [5, 5.41) is 2.51. The highest BCUT2D eigenvalue weighted by atomic mass is 31.2. The zero-order chi connectivity index (χ0) is 11.9. The van der Waals surface area contributed by atoms with E-state index in [9.17, 15) is 9.36 Å². The maximum absolute atomic E-state index is 11.8. The molecule has 0 radical (unpaired) electrons. The Bertz CT molecular complexity index is 278. The lowest BCUT2D eigenvalue weighted by molar-refractivity contribution is -0.113. The number of rotatable bonds is 7. The van der Waals surface area contributed by atoms with E-state index in [1.165, 1.54) is 13.1 Å². The van der Waals surface area contributed by atoms with Crippen molar-refractivity contribution in [3.63, 3.8) is 0 Å². The van der Waals surface area contributed by atoms with Crippen LogP contribution < -0.4 is 5.09 Å². The summed E-state index contributed by atoms with van der Waals surface area (Å²) in [5.41, 5.74) is 0.467. The van der Waals surface area contributed by atoms with Crippen LogP contribution in [0.2, 0.25) is 0 Å². The average Bonchev–Trinajstić information content (AvgIpc) is 2.15. The van der Waals surface area contributed by atoms with Gasteiger partial charge in [-0.2, -0.15) is 0 Å². The highest BCUT2D eigenvalue weighted by molar-refractivity contribution is 7.51. The van der Waals surface area contributed by atoms with Gasteiger partial charge in [0.15, 0.2) is 5.78 Å². The largest absolute Gasteiger partial charge is 0.432 e. The average molecular weight is 235 g/mol. The van der Waals surface area contributed by atoms with E-state index < -0.39 is 7.75 Å². The van der Waals surface area contributed by atoms with E-state index in [4.69, 9.17) is 9.05 Å². The van der Waals surface area contributed by atoms with Crippen molar-refractivity contribution >= 4 is 13.5 Å². The quantitative estimate of drug-likeness (QED) is 0.541. The van der Waals surface area contributed by atoms with Crippen molar-refractivity contribution in [1.82, 2.24) is 5.09 Å². The Hall–Kier alpha value is -0.640. The molecule has 0 saturated carbocycles. The second-order valence-electron chi connectivity index (χ2n) is 2.85. The summed E-state index contributed by atoms with van der Waals surface area (Å²) in [5.74, 6) is -0.0953. The zero-order valence-electron chi connectivity index (χ0n) is 9.57. The Balaban J connectivity index is 4.49. The van der Waals surface area contributed by atoms with Crippen LogP contribution in [0.4, 0.5) is 0 Å². The van der Waals surface area contributed by atoms with E-state index in [1.807, 2.05) is 0 Å². The van der Waals surface area contributed by atoms with Gasteiger partial charge in [-0.15, -0.1) is 0 Å². The normalized spacial score (nSPS) is 12.7. The van der Waals surface area contributed by atoms with Gasteiger partial charge in [0.25, 0.3) is 0 Å². The maximum Gasteiger partial charge on any atom is 0.432 e. The third-order valence-corrected chi connectivity index (χ3v) is 3.23. The molecular formula is C9H18NO4P. The monoisotopic (exact) mass is 235 g/mol. The van der Waals surface area contributed by atoms with Gasteiger partial charge in [0.05, 0.1) is 13.2 Å². The van der Waals surface area contributed by atoms with Crippen molar-refractivity contribution in [3.05, 3.63) is 11.8 Å². The predicted molar refractivity (Wildman–Crippen MR) is 58.4 cm³/mol. The maximum atomic E-state index is 11.8. The Morgan fingerprint density at radius 1 is 1.27 bits per heavy atom. The molecule has 1 N–H and O–H groups in total. The molecule has 5 nitrogen and oxygen atoms in total. The van der Waals surface area contributed by atoms with Gasteiger partial charge in [-0.25, -0.2) is 4.57 Å². The minimum absolute atomic E-state index is 0.0953. The number of hydrogen-bond acceptors (Lipinski definition) is 4. The van der Waals surface area contributed by atoms with Crippen molar-refractivity contribution < 1.29 is 18.4 Å². The molecule has 0 unspecified atom stereocenters. The summed E-state index contributed by atoms with van der Waals surface area (Å²) in [4.78, 5) is 10.9. The molecule has 6 heteroatoms. The first kappa shape index (κ1) is 14.4. The summed E-state index contributed by atoms with van der Waals surface area (Å²) in [6, 6.07) is 0. The van der Waals surface area contributed by atoms with Crippen LogP contribution in [0.15, 0.2) is 11.8 Å². The molecule has 0 aliphatic carbocycles. The molecule has 15 heavy (non-hydrogen) atoms. The summed E-state index contributed by atoms with van der Waals surface area (Å²) >= 11 is 0. The van der Waals surface area contributed by atoms with Gasteiger partial charge in [-0.3, -0.25) is 18.9 Å². The first-order valence-corrected chi connectivity index (χ1v) is 6.34. The van der Waals surface area contributed by atoms with E-state index in [2.05, 4.69) is 5.09 Å². The van der Waals surface area contributed by atoms with Crippen LogP contribution >= 0.6 is 7.75 Å². The minimum Gasteiger partial charge on any atom is -0.299 e. The number of hydrogen-bond donors (Lipinski definition) is 1. The van der Waals surface area contributed by atoms with Crippen LogP contribution in [0.1, 0.15) is 27.7 Å². The molecule has 0 aliphatic heterocycles. The first-order valence-electron chi connectivity index (χ1n) is 4.79. The minimum atomic E-state index is -3.29. The molecule has 88 valence electrons. The van der Waals surface area contributed by atoms with Gasteiger partial charge in [0.1, 0.15) is 0 Å². The third-order valence-electron chi connectivity index (χ3n) is 1.59. The van der Waals surface area contributed by atoms with Crippen molar-refractivity contribution in [2.45, 2.75) is 27.7 Å². The van der Waals surface area contributed by atoms with Crippen molar-refractivity contribution in [3.8, 4) is 0 Å². The van der Waals surface area contributed by atoms with Crippen molar-refractivity contribution in [1.29, 1.82) is 0 Å². The van der Waals surface area contributed by atoms with E-state index in [0.717, 1.165) is 0 Å². The molecule has 0 aromatic heterocycles. The summed E-state index contributed by atoms with van der Waals surface area (Å²) in [6.45, 7) is 7.04. The Labute approximate surface area is 90.4 Å². The molecule has 0 aromatic rings. The van der Waals surface area contributed by atoms with E-state index in [0.29, 0.717) is 5.57 Å². The summed E-state index contributed by atoms with van der Waals surface area (Å²) in [6.07, 6.45) is 1.36. The first-order chi connectivity index (χ1) is 6.95. The molecule has 0 aromatic carbocycles. The predicted octanol–water partition coefficient (Wildman–Crippen LogP) is 2.25. The smallest absolute Gasteiger partial charge is 0.299 e. The van der Waals surface area contributed by atoms with Crippen LogP contribution in [-0.2, 0) is 18.4 Å². The van der Waals surface area contributed by atoms with E-state index >= 15 is 0 Å². The molecule has 0 saturated heterocycles. The van der Waals surface area contributed by atoms with Crippen molar-refractivity contribution in [2.24, 2.45) is 0 Å². The molecule has 0 aliphatic rings.